The Morgan fingerprint density at radius 3 is 3.20 bits per heavy atom. The maximum Gasteiger partial charge on any atom is 0.364 e. The fraction of sp³-hybridized carbons (Fsp3) is 0.615. The van der Waals surface area contributed by atoms with Gasteiger partial charge in [-0.2, -0.15) is 9.61 Å². The molecule has 20 heavy (non-hydrogen) atoms. The first kappa shape index (κ1) is 13.4. The Hall–Kier alpha value is -1.56. The lowest BCUT2D eigenvalue weighted by Crippen LogP contribution is -2.44. The van der Waals surface area contributed by atoms with Crippen molar-refractivity contribution in [3.63, 3.8) is 0 Å². The van der Waals surface area contributed by atoms with E-state index in [4.69, 9.17) is 11.6 Å². The first-order valence-electron chi connectivity index (χ1n) is 6.90. The van der Waals surface area contributed by atoms with Gasteiger partial charge < -0.3 is 5.32 Å². The maximum absolute atomic E-state index is 11.6. The van der Waals surface area contributed by atoms with Crippen molar-refractivity contribution >= 4 is 23.1 Å². The number of nitrogens with zero attached hydrogens (tertiary/aromatic N) is 3. The molecule has 0 aromatic carbocycles. The number of aromatic amines is 1. The van der Waals surface area contributed by atoms with Crippen molar-refractivity contribution in [2.24, 2.45) is 5.92 Å². The highest BCUT2D eigenvalue weighted by molar-refractivity contribution is 6.18. The zero-order valence-electron chi connectivity index (χ0n) is 11.4. The lowest BCUT2D eigenvalue weighted by atomic mass is 9.77. The van der Waals surface area contributed by atoms with Crippen LogP contribution in [-0.2, 0) is 0 Å². The van der Waals surface area contributed by atoms with Gasteiger partial charge in [-0.15, -0.1) is 16.7 Å². The third-order valence-electron chi connectivity index (χ3n) is 4.01. The average Bonchev–Trinajstić information content (AvgIpc) is 2.80. The molecule has 7 heteroatoms. The summed E-state index contributed by atoms with van der Waals surface area (Å²) >= 11 is 6.20. The molecule has 0 amide bonds. The molecule has 1 aliphatic carbocycles. The van der Waals surface area contributed by atoms with Gasteiger partial charge in [0.25, 0.3) is 0 Å². The van der Waals surface area contributed by atoms with Crippen molar-refractivity contribution in [3.05, 3.63) is 22.6 Å². The molecule has 2 aromatic heterocycles. The molecule has 1 saturated carbocycles. The van der Waals surface area contributed by atoms with Crippen LogP contribution in [0.5, 0.6) is 0 Å². The van der Waals surface area contributed by atoms with Crippen LogP contribution in [0.4, 0.5) is 5.82 Å². The van der Waals surface area contributed by atoms with E-state index in [1.807, 2.05) is 6.07 Å². The minimum atomic E-state index is -0.333. The molecule has 108 valence electrons. The summed E-state index contributed by atoms with van der Waals surface area (Å²) in [4.78, 5) is 11.6. The second-order valence-electron chi connectivity index (χ2n) is 5.76. The van der Waals surface area contributed by atoms with Crippen LogP contribution in [0.2, 0.25) is 0 Å². The third-order valence-corrected chi connectivity index (χ3v) is 4.53. The summed E-state index contributed by atoms with van der Waals surface area (Å²) in [5, 5.41) is 14.0. The molecule has 3 rings (SSSR count). The quantitative estimate of drug-likeness (QED) is 0.850. The smallest absolute Gasteiger partial charge is 0.362 e. The highest BCUT2D eigenvalue weighted by Gasteiger charge is 2.34. The van der Waals surface area contributed by atoms with Gasteiger partial charge in [-0.05, 0) is 30.9 Å². The topological polar surface area (TPSA) is 75.1 Å². The van der Waals surface area contributed by atoms with E-state index in [1.165, 1.54) is 10.9 Å². The van der Waals surface area contributed by atoms with E-state index in [2.05, 4.69) is 27.5 Å². The summed E-state index contributed by atoms with van der Waals surface area (Å²) in [5.74, 6) is 1.85. The normalized spacial score (nSPS) is 26.8. The van der Waals surface area contributed by atoms with E-state index >= 15 is 0 Å². The number of rotatable bonds is 3. The molecule has 0 saturated heterocycles. The van der Waals surface area contributed by atoms with Crippen molar-refractivity contribution in [3.8, 4) is 0 Å². The highest BCUT2D eigenvalue weighted by Crippen LogP contribution is 2.35. The number of H-pyrrole nitrogens is 1. The molecule has 2 heterocycles. The van der Waals surface area contributed by atoms with Crippen molar-refractivity contribution < 1.29 is 0 Å². The predicted octanol–water partition coefficient (Wildman–Crippen LogP) is 2.02. The fourth-order valence-electron chi connectivity index (χ4n) is 3.07. The molecule has 2 aromatic rings. The molecule has 2 N–H and O–H groups in total. The third kappa shape index (κ3) is 2.40. The molecule has 2 atom stereocenters. The standard InChI is InChI=1S/C13H18ClN5O/c1-9-3-2-6-13(7-9,8-14)15-10-4-5-11-16-17-12(20)19(11)18-10/h4-5,9H,2-3,6-8H2,1H3,(H,15,18)(H,17,20). The Labute approximate surface area is 121 Å². The van der Waals surface area contributed by atoms with E-state index in [0.29, 0.717) is 23.3 Å². The molecule has 2 unspecified atom stereocenters. The summed E-state index contributed by atoms with van der Waals surface area (Å²) in [6, 6.07) is 3.60. The summed E-state index contributed by atoms with van der Waals surface area (Å²) < 4.78 is 1.26. The lowest BCUT2D eigenvalue weighted by Gasteiger charge is -2.39. The van der Waals surface area contributed by atoms with Crippen molar-refractivity contribution in [1.82, 2.24) is 19.8 Å². The summed E-state index contributed by atoms with van der Waals surface area (Å²) in [6.07, 6.45) is 4.46. The van der Waals surface area contributed by atoms with Gasteiger partial charge in [-0.1, -0.05) is 19.8 Å². The van der Waals surface area contributed by atoms with Crippen LogP contribution in [0.15, 0.2) is 16.9 Å². The number of anilines is 1. The molecule has 0 radical (unpaired) electrons. The van der Waals surface area contributed by atoms with Crippen LogP contribution < -0.4 is 11.0 Å². The van der Waals surface area contributed by atoms with Crippen LogP contribution in [0.25, 0.3) is 5.65 Å². The Morgan fingerprint density at radius 1 is 1.60 bits per heavy atom. The SMILES string of the molecule is CC1CCCC(CCl)(Nc2ccc3n[nH]c(=O)n3n2)C1. The predicted molar refractivity (Wildman–Crippen MR) is 78.3 cm³/mol. The minimum Gasteiger partial charge on any atom is -0.362 e. The molecule has 0 bridgehead atoms. The van der Waals surface area contributed by atoms with Crippen molar-refractivity contribution in [2.45, 2.75) is 38.1 Å². The van der Waals surface area contributed by atoms with E-state index in [9.17, 15) is 4.79 Å². The molecule has 1 aliphatic rings. The molecular weight excluding hydrogens is 278 g/mol. The molecule has 6 nitrogen and oxygen atoms in total. The van der Waals surface area contributed by atoms with Crippen LogP contribution in [-0.4, -0.2) is 31.2 Å². The fourth-order valence-corrected chi connectivity index (χ4v) is 3.38. The Morgan fingerprint density at radius 2 is 2.45 bits per heavy atom. The molecule has 0 aliphatic heterocycles. The second-order valence-corrected chi connectivity index (χ2v) is 6.03. The van der Waals surface area contributed by atoms with Gasteiger partial charge in [0.05, 0.1) is 5.54 Å². The van der Waals surface area contributed by atoms with E-state index in [-0.39, 0.29) is 11.2 Å². The Bertz CT molecular complexity index is 666. The number of nitrogens with one attached hydrogen (secondary N) is 2. The number of fused-ring (bicyclic) bond motifs is 1. The number of hydrogen-bond acceptors (Lipinski definition) is 4. The van der Waals surface area contributed by atoms with Gasteiger partial charge in [0, 0.05) is 5.88 Å². The first-order valence-corrected chi connectivity index (χ1v) is 7.44. The van der Waals surface area contributed by atoms with Gasteiger partial charge in [-0.25, -0.2) is 9.89 Å². The lowest BCUT2D eigenvalue weighted by molar-refractivity contribution is 0.279. The first-order chi connectivity index (χ1) is 9.62. The van der Waals surface area contributed by atoms with Crippen LogP contribution in [0.1, 0.15) is 32.6 Å². The van der Waals surface area contributed by atoms with E-state index in [0.717, 1.165) is 19.3 Å². The number of hydrogen-bond donors (Lipinski definition) is 2. The van der Waals surface area contributed by atoms with Gasteiger partial charge in [-0.3, -0.25) is 0 Å². The van der Waals surface area contributed by atoms with Crippen LogP contribution >= 0.6 is 11.6 Å². The second kappa shape index (κ2) is 5.09. The van der Waals surface area contributed by atoms with E-state index in [1.54, 1.807) is 6.07 Å². The minimum absolute atomic E-state index is 0.132. The zero-order chi connectivity index (χ0) is 14.2. The molecule has 1 fully saturated rings. The summed E-state index contributed by atoms with van der Waals surface area (Å²) in [5.41, 5.74) is 0.0471. The van der Waals surface area contributed by atoms with Crippen molar-refractivity contribution in [2.75, 3.05) is 11.2 Å². The zero-order valence-corrected chi connectivity index (χ0v) is 12.2. The van der Waals surface area contributed by atoms with Crippen molar-refractivity contribution in [1.29, 1.82) is 0 Å². The maximum atomic E-state index is 11.6. The van der Waals surface area contributed by atoms with Gasteiger partial charge in [0.1, 0.15) is 5.82 Å². The number of alkyl halides is 1. The summed E-state index contributed by atoms with van der Waals surface area (Å²) in [6.45, 7) is 2.25. The van der Waals surface area contributed by atoms with Crippen LogP contribution in [0.3, 0.4) is 0 Å². The van der Waals surface area contributed by atoms with Gasteiger partial charge >= 0.3 is 5.69 Å². The van der Waals surface area contributed by atoms with Crippen LogP contribution in [0, 0.1) is 5.92 Å². The van der Waals surface area contributed by atoms with Gasteiger partial charge in [0.2, 0.25) is 0 Å². The number of aromatic nitrogens is 4. The molecular formula is C13H18ClN5O. The molecule has 0 spiro atoms. The Balaban J connectivity index is 1.90. The van der Waals surface area contributed by atoms with Gasteiger partial charge in [0.15, 0.2) is 5.65 Å². The largest absolute Gasteiger partial charge is 0.364 e. The highest BCUT2D eigenvalue weighted by atomic mass is 35.5. The van der Waals surface area contributed by atoms with E-state index < -0.39 is 0 Å². The number of halogens is 1. The monoisotopic (exact) mass is 295 g/mol. The average molecular weight is 296 g/mol. The Kier molecular flexibility index (Phi) is 3.41. The summed E-state index contributed by atoms with van der Waals surface area (Å²) in [7, 11) is 0.